The number of hydrogen-bond donors (Lipinski definition) is 10. The van der Waals surface area contributed by atoms with Crippen LogP contribution < -0.4 is 26.6 Å². The first-order chi connectivity index (χ1) is 58.4. The second kappa shape index (κ2) is 29.9. The lowest BCUT2D eigenvalue weighted by Gasteiger charge is -2.44. The SMILES string of the molecule is CC1(C)CC(=O)C2=C(C1)Nc1[nH]ncc1[C@@]2(C)c1ccccc1.CC1(C)CC(=O)C2=C(C1)Nc1n[nH]c(Br)c1C2(C)c1ccccc1.CC1(C)CC(=O)C2=C(C1)Nc1n[nH]c(C3CC3)c1C2(C)c1ccccc1.CC1(C)CC(=O)C2=C(C1)Nc1n[nH]c(C3CC3)c1C2(C)c1ccccc1.CC1(C)CC(=O)C2=C(C1)Nc1n[nH]c(Cl)c1C2(C)c1ccccc1. The van der Waals surface area contributed by atoms with E-state index in [1.54, 1.807) is 0 Å². The Morgan fingerprint density at radius 3 is 0.894 bits per heavy atom. The monoisotopic (exact) mass is 1730 g/mol. The Labute approximate surface area is 733 Å². The van der Waals surface area contributed by atoms with Crippen LogP contribution in [0.4, 0.5) is 29.1 Å². The van der Waals surface area contributed by atoms with Gasteiger partial charge in [0.2, 0.25) is 0 Å². The number of hydrogen-bond acceptors (Lipinski definition) is 15. The molecule has 2 saturated carbocycles. The molecule has 10 N–H and O–H groups in total. The first-order valence-corrected chi connectivity index (χ1v) is 44.7. The molecule has 7 aliphatic carbocycles. The van der Waals surface area contributed by atoms with Crippen molar-refractivity contribution >= 4 is 85.5 Å². The van der Waals surface area contributed by atoms with E-state index in [0.29, 0.717) is 49.1 Å². The van der Waals surface area contributed by atoms with Crippen molar-refractivity contribution in [3.8, 4) is 0 Å². The summed E-state index contributed by atoms with van der Waals surface area (Å²) >= 11 is 10.0. The first-order valence-electron chi connectivity index (χ1n) is 43.5. The Bertz CT molecular complexity index is 5840. The molecule has 0 bridgehead atoms. The third kappa shape index (κ3) is 14.2. The number of fused-ring (bicyclic) bond motifs is 5. The summed E-state index contributed by atoms with van der Waals surface area (Å²) in [5.41, 5.74) is 20.3. The van der Waals surface area contributed by atoms with Gasteiger partial charge in [0.1, 0.15) is 15.6 Å². The quantitative estimate of drug-likeness (QED) is 0.0710. The van der Waals surface area contributed by atoms with E-state index in [4.69, 9.17) is 11.6 Å². The Morgan fingerprint density at radius 2 is 0.569 bits per heavy atom. The number of aromatic amines is 5. The highest BCUT2D eigenvalue weighted by atomic mass is 79.9. The van der Waals surface area contributed by atoms with Crippen LogP contribution in [0.5, 0.6) is 0 Å². The Kier molecular flexibility index (Phi) is 20.1. The lowest BCUT2D eigenvalue weighted by atomic mass is 9.61. The van der Waals surface area contributed by atoms with Crippen molar-refractivity contribution in [1.82, 2.24) is 51.0 Å². The van der Waals surface area contributed by atoms with Gasteiger partial charge in [0.15, 0.2) is 52.2 Å². The van der Waals surface area contributed by atoms with Gasteiger partial charge in [-0.05, 0) is 163 Å². The van der Waals surface area contributed by atoms with Gasteiger partial charge >= 0.3 is 0 Å². The van der Waals surface area contributed by atoms with Gasteiger partial charge in [-0.3, -0.25) is 49.5 Å². The van der Waals surface area contributed by atoms with Gasteiger partial charge in [-0.2, -0.15) is 25.5 Å². The molecule has 22 heteroatoms. The maximum absolute atomic E-state index is 13.3. The van der Waals surface area contributed by atoms with E-state index >= 15 is 0 Å². The van der Waals surface area contributed by atoms with Gasteiger partial charge < -0.3 is 26.6 Å². The summed E-state index contributed by atoms with van der Waals surface area (Å²) in [5, 5.41) is 55.5. The number of benzene rings is 5. The molecule has 22 rings (SSSR count). The lowest BCUT2D eigenvalue weighted by molar-refractivity contribution is -0.119. The molecule has 2 fully saturated rings. The van der Waals surface area contributed by atoms with Crippen LogP contribution in [0.25, 0.3) is 0 Å². The van der Waals surface area contributed by atoms with Crippen LogP contribution in [-0.4, -0.2) is 79.9 Å². The van der Waals surface area contributed by atoms with E-state index in [2.05, 4.69) is 282 Å². The molecule has 0 radical (unpaired) electrons. The predicted molar refractivity (Wildman–Crippen MR) is 487 cm³/mol. The summed E-state index contributed by atoms with van der Waals surface area (Å²) < 4.78 is 0.820. The maximum atomic E-state index is 13.3. The van der Waals surface area contributed by atoms with Crippen LogP contribution in [0, 0.1) is 27.1 Å². The smallest absolute Gasteiger partial charge is 0.162 e. The number of rotatable bonds is 7. The van der Waals surface area contributed by atoms with Crippen LogP contribution in [0.15, 0.2) is 219 Å². The van der Waals surface area contributed by atoms with Crippen LogP contribution in [-0.2, 0) is 51.0 Å². The molecule has 5 aliphatic heterocycles. The summed E-state index contributed by atoms with van der Waals surface area (Å²) in [6.45, 7) is 32.3. The summed E-state index contributed by atoms with van der Waals surface area (Å²) in [5.74, 6) is 6.51. The number of nitrogens with one attached hydrogen (secondary N) is 10. The fraction of sp³-hybridized carbons (Fsp3) is 0.406. The van der Waals surface area contributed by atoms with E-state index in [1.807, 2.05) is 72.9 Å². The molecule has 4 unspecified atom stereocenters. The molecule has 12 aliphatic rings. The number of nitrogens with zero attached hydrogens (tertiary/aromatic N) is 5. The standard InChI is InChI=1S/2C22H25N3O.C19H20BrN3O.C19H20ClN3O.C19H21N3O/c2*1-21(2)11-15-17(16(26)12-21)22(3,14-7-5-4-6-8-14)18-19(13-9-10-13)24-25-20(18)23-15;2*1-18(2)9-12-14(13(24)10-18)19(3,11-7-5-4-6-8-11)15-16(20)22-23-17(15)21-12;1-18(2)9-14-16(15(23)10-18)19(3,12-7-5-4-6-8-12)13-11-20-22-17(13)21-14/h2*4-8,13H,9-12H2,1-3H3,(H2,23,24,25);2*4-8H,9-10H2,1-3H3,(H2,21,22,23);4-8,11H,9-10H2,1-3H3,(H2,20,21,22)/t;;;;19-/m....1/s1. The van der Waals surface area contributed by atoms with E-state index in [9.17, 15) is 24.0 Å². The predicted octanol–water partition coefficient (Wildman–Crippen LogP) is 22.1. The molecule has 123 heavy (non-hydrogen) atoms. The van der Waals surface area contributed by atoms with Crippen molar-refractivity contribution in [3.05, 3.63) is 291 Å². The zero-order valence-electron chi connectivity index (χ0n) is 73.1. The molecule has 0 saturated heterocycles. The number of carbonyl (C=O) groups is 5. The third-order valence-corrected chi connectivity index (χ3v) is 29.0. The molecular formula is C101H111BrClN15O5. The largest absolute Gasteiger partial charge is 0.343 e. The van der Waals surface area contributed by atoms with Crippen LogP contribution in [0.1, 0.15) is 273 Å². The average Bonchev–Trinajstić information content (AvgIpc) is 1.73. The summed E-state index contributed by atoms with van der Waals surface area (Å²) in [7, 11) is 0. The molecular weight excluding hydrogens is 1620 g/mol. The maximum Gasteiger partial charge on any atom is 0.162 e. The highest BCUT2D eigenvalue weighted by Gasteiger charge is 2.57. The third-order valence-electron chi connectivity index (χ3n) is 28.2. The van der Waals surface area contributed by atoms with Crippen molar-refractivity contribution < 1.29 is 24.0 Å². The normalized spacial score (nSPS) is 26.0. The highest BCUT2D eigenvalue weighted by Crippen LogP contribution is 2.61. The van der Waals surface area contributed by atoms with Gasteiger partial charge in [-0.25, -0.2) is 0 Å². The van der Waals surface area contributed by atoms with Gasteiger partial charge in [0.05, 0.1) is 33.3 Å². The number of H-pyrrole nitrogens is 5. The molecule has 5 aromatic carbocycles. The van der Waals surface area contributed by atoms with Gasteiger partial charge in [0, 0.05) is 139 Å². The number of carbonyl (C=O) groups excluding carboxylic acids is 5. The Morgan fingerprint density at radius 1 is 0.309 bits per heavy atom. The zero-order chi connectivity index (χ0) is 86.7. The second-order valence-electron chi connectivity index (χ2n) is 41.0. The number of aromatic nitrogens is 10. The van der Waals surface area contributed by atoms with E-state index in [0.717, 1.165) is 156 Å². The van der Waals surface area contributed by atoms with Crippen LogP contribution in [0.3, 0.4) is 0 Å². The molecule has 5 aromatic heterocycles. The van der Waals surface area contributed by atoms with Gasteiger partial charge in [-0.1, -0.05) is 232 Å². The summed E-state index contributed by atoms with van der Waals surface area (Å²) in [6.07, 6.45) is 13.8. The van der Waals surface area contributed by atoms with Crippen molar-refractivity contribution in [2.45, 2.75) is 233 Å². The van der Waals surface area contributed by atoms with E-state index < -0.39 is 27.1 Å². The minimum Gasteiger partial charge on any atom is -0.343 e. The average molecular weight is 1730 g/mol. The number of ketones is 5. The van der Waals surface area contributed by atoms with Crippen molar-refractivity contribution in [2.75, 3.05) is 26.6 Å². The van der Waals surface area contributed by atoms with Gasteiger partial charge in [-0.15, -0.1) is 0 Å². The zero-order valence-corrected chi connectivity index (χ0v) is 75.4. The minimum atomic E-state index is -0.602. The summed E-state index contributed by atoms with van der Waals surface area (Å²) in [6, 6.07) is 51.5. The van der Waals surface area contributed by atoms with Crippen molar-refractivity contribution in [3.63, 3.8) is 0 Å². The van der Waals surface area contributed by atoms with Gasteiger partial charge in [0.25, 0.3) is 0 Å². The highest BCUT2D eigenvalue weighted by molar-refractivity contribution is 9.10. The molecule has 634 valence electrons. The fourth-order valence-electron chi connectivity index (χ4n) is 22.4. The lowest BCUT2D eigenvalue weighted by Crippen LogP contribution is -2.42. The van der Waals surface area contributed by atoms with Crippen LogP contribution >= 0.6 is 27.5 Å². The second-order valence-corrected chi connectivity index (χ2v) is 42.2. The topological polar surface area (TPSA) is 289 Å². The Hall–Kier alpha value is -11.0. The van der Waals surface area contributed by atoms with Crippen molar-refractivity contribution in [2.24, 2.45) is 27.1 Å². The molecule has 0 spiro atoms. The summed E-state index contributed by atoms with van der Waals surface area (Å²) in [4.78, 5) is 65.9. The number of allylic oxidation sites excluding steroid dienone is 10. The Balaban J connectivity index is 0.000000105. The van der Waals surface area contributed by atoms with E-state index in [-0.39, 0.29) is 56.0 Å². The van der Waals surface area contributed by atoms with E-state index in [1.165, 1.54) is 59.3 Å². The number of anilines is 5. The number of halogens is 2. The number of Topliss-reactive ketones (excluding diaryl/α,β-unsaturated/α-hetero) is 5. The first kappa shape index (κ1) is 82.9. The minimum absolute atomic E-state index is 0.0158. The molecule has 10 aromatic rings. The molecule has 0 amide bonds. The molecule has 10 heterocycles. The fourth-order valence-corrected chi connectivity index (χ4v) is 23.4. The molecule has 20 nitrogen and oxygen atoms in total. The van der Waals surface area contributed by atoms with Crippen LogP contribution in [0.2, 0.25) is 5.15 Å². The molecule has 5 atom stereocenters. The van der Waals surface area contributed by atoms with Crippen molar-refractivity contribution in [1.29, 1.82) is 0 Å².